The molecule has 0 unspecified atom stereocenters. The lowest BCUT2D eigenvalue weighted by Gasteiger charge is -2.19. The van der Waals surface area contributed by atoms with Crippen LogP contribution < -0.4 is 0 Å². The van der Waals surface area contributed by atoms with Crippen LogP contribution in [-0.2, 0) is 5.41 Å². The average Bonchev–Trinajstić information content (AvgIpc) is 2.61. The molecular weight excluding hydrogens is 326 g/mol. The molecule has 0 saturated heterocycles. The molecule has 3 aromatic rings. The van der Waals surface area contributed by atoms with Gasteiger partial charge < -0.3 is 0 Å². The van der Waals surface area contributed by atoms with Crippen molar-refractivity contribution in [3.63, 3.8) is 0 Å². The topological polar surface area (TPSA) is 0 Å². The first kappa shape index (κ1) is 18.1. The van der Waals surface area contributed by atoms with E-state index in [2.05, 4.69) is 45.0 Å². The molecule has 0 aliphatic heterocycles. The van der Waals surface area contributed by atoms with Crippen LogP contribution in [0.1, 0.15) is 43.0 Å². The summed E-state index contributed by atoms with van der Waals surface area (Å²) in [6, 6.07) is 21.1. The Morgan fingerprint density at radius 1 is 0.654 bits per heavy atom. The van der Waals surface area contributed by atoms with Crippen LogP contribution >= 0.6 is 0 Å². The van der Waals surface area contributed by atoms with Gasteiger partial charge in [0.15, 0.2) is 0 Å². The van der Waals surface area contributed by atoms with Crippen LogP contribution in [0, 0.1) is 11.6 Å². The Morgan fingerprint density at radius 2 is 1.08 bits per heavy atom. The van der Waals surface area contributed by atoms with Gasteiger partial charge in [0.1, 0.15) is 11.6 Å². The molecule has 0 heterocycles. The van der Waals surface area contributed by atoms with Crippen LogP contribution in [0.3, 0.4) is 0 Å². The molecule has 0 aromatic heterocycles. The molecule has 0 nitrogen and oxygen atoms in total. The molecule has 0 amide bonds. The van der Waals surface area contributed by atoms with Crippen molar-refractivity contribution in [2.75, 3.05) is 0 Å². The molecular formula is C24H22F2. The quantitative estimate of drug-likeness (QED) is 0.454. The molecule has 0 aliphatic carbocycles. The monoisotopic (exact) mass is 348 g/mol. The Morgan fingerprint density at radius 3 is 1.46 bits per heavy atom. The number of hydrogen-bond acceptors (Lipinski definition) is 0. The van der Waals surface area contributed by atoms with E-state index in [0.717, 1.165) is 22.3 Å². The Labute approximate surface area is 153 Å². The Bertz CT molecular complexity index is 847. The van der Waals surface area contributed by atoms with Gasteiger partial charge in [0.2, 0.25) is 0 Å². The minimum atomic E-state index is -0.276. The summed E-state index contributed by atoms with van der Waals surface area (Å²) in [5, 5.41) is 0. The normalized spacial score (nSPS) is 11.3. The van der Waals surface area contributed by atoms with Gasteiger partial charge in [0, 0.05) is 0 Å². The molecule has 26 heavy (non-hydrogen) atoms. The molecule has 0 bridgehead atoms. The average molecular weight is 348 g/mol. The van der Waals surface area contributed by atoms with E-state index in [9.17, 15) is 8.78 Å². The zero-order valence-corrected chi connectivity index (χ0v) is 15.3. The molecule has 0 radical (unpaired) electrons. The van der Waals surface area contributed by atoms with Crippen molar-refractivity contribution in [2.45, 2.75) is 26.2 Å². The Hall–Kier alpha value is -2.74. The number of benzene rings is 3. The largest absolute Gasteiger partial charge is 0.207 e. The van der Waals surface area contributed by atoms with E-state index in [1.165, 1.54) is 29.8 Å². The van der Waals surface area contributed by atoms with Gasteiger partial charge in [-0.2, -0.15) is 0 Å². The van der Waals surface area contributed by atoms with E-state index in [1.807, 2.05) is 6.08 Å². The lowest BCUT2D eigenvalue weighted by Crippen LogP contribution is -2.10. The van der Waals surface area contributed by atoms with Gasteiger partial charge >= 0.3 is 0 Å². The predicted molar refractivity (Wildman–Crippen MR) is 105 cm³/mol. The SMILES string of the molecule is CC(C)(C)c1ccc(C=C(c2ccc(F)cc2)c2ccc(F)cc2)cc1. The van der Waals surface area contributed by atoms with Gasteiger partial charge in [-0.3, -0.25) is 0 Å². The van der Waals surface area contributed by atoms with Crippen LogP contribution in [0.15, 0.2) is 72.8 Å². The molecule has 0 spiro atoms. The third kappa shape index (κ3) is 4.26. The fraction of sp³-hybridized carbons (Fsp3) is 0.167. The Balaban J connectivity index is 2.06. The summed E-state index contributed by atoms with van der Waals surface area (Å²) in [5.41, 5.74) is 5.10. The third-order valence-electron chi connectivity index (χ3n) is 4.40. The Kier molecular flexibility index (Phi) is 5.03. The van der Waals surface area contributed by atoms with E-state index in [4.69, 9.17) is 0 Å². The second-order valence-corrected chi connectivity index (χ2v) is 7.44. The highest BCUT2D eigenvalue weighted by atomic mass is 19.1. The standard InChI is InChI=1S/C24H22F2/c1-24(2,3)20-10-4-17(5-11-20)16-23(18-6-12-21(25)13-7-18)19-8-14-22(26)15-9-19/h4-16H,1-3H3. The first-order chi connectivity index (χ1) is 12.3. The summed E-state index contributed by atoms with van der Waals surface area (Å²) < 4.78 is 26.6. The van der Waals surface area contributed by atoms with Gasteiger partial charge in [0.05, 0.1) is 0 Å². The van der Waals surface area contributed by atoms with Crippen molar-refractivity contribution in [1.82, 2.24) is 0 Å². The van der Waals surface area contributed by atoms with Gasteiger partial charge in [-0.05, 0) is 63.6 Å². The highest BCUT2D eigenvalue weighted by Gasteiger charge is 2.13. The van der Waals surface area contributed by atoms with Gasteiger partial charge in [-0.15, -0.1) is 0 Å². The maximum Gasteiger partial charge on any atom is 0.123 e. The number of hydrogen-bond donors (Lipinski definition) is 0. The molecule has 0 aliphatic rings. The van der Waals surface area contributed by atoms with Crippen molar-refractivity contribution < 1.29 is 8.78 Å². The number of halogens is 2. The van der Waals surface area contributed by atoms with E-state index in [1.54, 1.807) is 24.3 Å². The van der Waals surface area contributed by atoms with Crippen LogP contribution in [0.5, 0.6) is 0 Å². The van der Waals surface area contributed by atoms with E-state index in [-0.39, 0.29) is 17.0 Å². The van der Waals surface area contributed by atoms with Crippen molar-refractivity contribution in [3.8, 4) is 0 Å². The molecule has 0 saturated carbocycles. The van der Waals surface area contributed by atoms with Crippen LogP contribution in [0.2, 0.25) is 0 Å². The fourth-order valence-electron chi connectivity index (χ4n) is 2.84. The van der Waals surface area contributed by atoms with E-state index < -0.39 is 0 Å². The molecule has 0 fully saturated rings. The second kappa shape index (κ2) is 7.25. The highest BCUT2D eigenvalue weighted by Crippen LogP contribution is 2.28. The summed E-state index contributed by atoms with van der Waals surface area (Å²) in [4.78, 5) is 0. The van der Waals surface area contributed by atoms with E-state index in [0.29, 0.717) is 0 Å². The zero-order chi connectivity index (χ0) is 18.7. The maximum atomic E-state index is 13.3. The summed E-state index contributed by atoms with van der Waals surface area (Å²) in [6.45, 7) is 6.54. The predicted octanol–water partition coefficient (Wildman–Crippen LogP) is 6.85. The summed E-state index contributed by atoms with van der Waals surface area (Å²) >= 11 is 0. The van der Waals surface area contributed by atoms with Gasteiger partial charge in [-0.1, -0.05) is 69.3 Å². The van der Waals surface area contributed by atoms with Crippen molar-refractivity contribution >= 4 is 11.6 Å². The van der Waals surface area contributed by atoms with Crippen molar-refractivity contribution in [1.29, 1.82) is 0 Å². The molecule has 3 rings (SSSR count). The summed E-state index contributed by atoms with van der Waals surface area (Å²) in [6.07, 6.45) is 2.05. The first-order valence-corrected chi connectivity index (χ1v) is 8.67. The van der Waals surface area contributed by atoms with E-state index >= 15 is 0 Å². The number of rotatable bonds is 3. The van der Waals surface area contributed by atoms with Gasteiger partial charge in [-0.25, -0.2) is 8.78 Å². The van der Waals surface area contributed by atoms with Crippen LogP contribution in [-0.4, -0.2) is 0 Å². The third-order valence-corrected chi connectivity index (χ3v) is 4.40. The molecule has 3 aromatic carbocycles. The minimum absolute atomic E-state index is 0.0962. The smallest absolute Gasteiger partial charge is 0.123 e. The van der Waals surface area contributed by atoms with Crippen LogP contribution in [0.25, 0.3) is 11.6 Å². The van der Waals surface area contributed by atoms with Gasteiger partial charge in [0.25, 0.3) is 0 Å². The molecule has 0 N–H and O–H groups in total. The molecule has 0 atom stereocenters. The van der Waals surface area contributed by atoms with Crippen LogP contribution in [0.4, 0.5) is 8.78 Å². The summed E-state index contributed by atoms with van der Waals surface area (Å²) in [7, 11) is 0. The zero-order valence-electron chi connectivity index (χ0n) is 15.3. The van der Waals surface area contributed by atoms with Crippen molar-refractivity contribution in [3.05, 3.63) is 107 Å². The maximum absolute atomic E-state index is 13.3. The minimum Gasteiger partial charge on any atom is -0.207 e. The molecule has 132 valence electrons. The lowest BCUT2D eigenvalue weighted by molar-refractivity contribution is 0.590. The molecule has 2 heteroatoms. The summed E-state index contributed by atoms with van der Waals surface area (Å²) in [5.74, 6) is -0.552. The fourth-order valence-corrected chi connectivity index (χ4v) is 2.84. The lowest BCUT2D eigenvalue weighted by atomic mass is 9.86. The second-order valence-electron chi connectivity index (χ2n) is 7.44. The van der Waals surface area contributed by atoms with Crippen molar-refractivity contribution in [2.24, 2.45) is 0 Å². The highest BCUT2D eigenvalue weighted by molar-refractivity contribution is 5.91. The first-order valence-electron chi connectivity index (χ1n) is 8.67.